The normalized spacial score (nSPS) is 28.2. The van der Waals surface area contributed by atoms with E-state index >= 15 is 0 Å². The summed E-state index contributed by atoms with van der Waals surface area (Å²) in [5, 5.41) is 10.7. The lowest BCUT2D eigenvalue weighted by Crippen LogP contribution is -2.59. The van der Waals surface area contributed by atoms with Gasteiger partial charge in [0.05, 0.1) is 23.3 Å². The maximum absolute atomic E-state index is 14.9. The molecular weight excluding hydrogens is 615 g/mol. The number of nitrogens with one attached hydrogen (secondary N) is 1. The van der Waals surface area contributed by atoms with Crippen LogP contribution in [0.5, 0.6) is 0 Å². The third-order valence-corrected chi connectivity index (χ3v) is 12.7. The molecule has 242 valence electrons. The lowest BCUT2D eigenvalue weighted by Gasteiger charge is -2.53. The Morgan fingerprint density at radius 3 is 2.23 bits per heavy atom. The number of hydrogen-bond acceptors (Lipinski definition) is 5. The van der Waals surface area contributed by atoms with Gasteiger partial charge in [-0.15, -0.1) is 0 Å². The largest absolute Gasteiger partial charge is 0.393 e. The molecule has 44 heavy (non-hydrogen) atoms. The molecule has 2 aromatic rings. The van der Waals surface area contributed by atoms with Gasteiger partial charge in [0.1, 0.15) is 5.78 Å². The van der Waals surface area contributed by atoms with Crippen molar-refractivity contribution in [1.82, 2.24) is 4.90 Å². The fourth-order valence-electron chi connectivity index (χ4n) is 7.13. The van der Waals surface area contributed by atoms with Gasteiger partial charge in [0.2, 0.25) is 5.91 Å². The molecule has 5 atom stereocenters. The highest BCUT2D eigenvalue weighted by molar-refractivity contribution is 7.93. The van der Waals surface area contributed by atoms with E-state index in [-0.39, 0.29) is 53.0 Å². The van der Waals surface area contributed by atoms with E-state index in [2.05, 4.69) is 0 Å². The summed E-state index contributed by atoms with van der Waals surface area (Å²) in [6.45, 7) is 9.51. The number of ketones is 1. The minimum Gasteiger partial charge on any atom is -0.393 e. The Hall–Kier alpha value is -1.93. The van der Waals surface area contributed by atoms with Crippen LogP contribution in [0.3, 0.4) is 0 Å². The van der Waals surface area contributed by atoms with E-state index in [0.717, 1.165) is 24.0 Å². The Kier molecular flexibility index (Phi) is 11.3. The van der Waals surface area contributed by atoms with Gasteiger partial charge < -0.3 is 10.0 Å². The lowest BCUT2D eigenvalue weighted by atomic mass is 9.65. The lowest BCUT2D eigenvalue weighted by molar-refractivity contribution is -0.157. The first-order valence-electron chi connectivity index (χ1n) is 15.9. The van der Waals surface area contributed by atoms with Gasteiger partial charge in [-0.2, -0.15) is 0 Å². The fourth-order valence-corrected chi connectivity index (χ4v) is 8.89. The van der Waals surface area contributed by atoms with Crippen LogP contribution in [0.25, 0.3) is 0 Å². The number of halogens is 2. The molecule has 0 radical (unpaired) electrons. The average molecular weight is 664 g/mol. The minimum absolute atomic E-state index is 0.0505. The number of rotatable bonds is 11. The highest BCUT2D eigenvalue weighted by atomic mass is 35.5. The Balaban J connectivity index is 1.83. The number of hydrogen-bond donors (Lipinski definition) is 2. The van der Waals surface area contributed by atoms with Crippen LogP contribution < -0.4 is 0 Å². The van der Waals surface area contributed by atoms with Crippen molar-refractivity contribution in [3.8, 4) is 0 Å². The van der Waals surface area contributed by atoms with E-state index in [0.29, 0.717) is 35.7 Å². The van der Waals surface area contributed by atoms with Crippen molar-refractivity contribution in [2.24, 2.45) is 17.3 Å². The monoisotopic (exact) mass is 662 g/mol. The number of aliphatic hydroxyl groups excluding tert-OH is 1. The zero-order chi connectivity index (χ0) is 32.4. The number of benzene rings is 2. The Morgan fingerprint density at radius 1 is 1.02 bits per heavy atom. The van der Waals surface area contributed by atoms with Gasteiger partial charge >= 0.3 is 0 Å². The third kappa shape index (κ3) is 8.07. The van der Waals surface area contributed by atoms with Crippen LogP contribution in [0.1, 0.15) is 103 Å². The van der Waals surface area contributed by atoms with Crippen LogP contribution in [-0.4, -0.2) is 49.1 Å². The summed E-state index contributed by atoms with van der Waals surface area (Å²) in [5.74, 6) is -0.111. The number of Topliss-reactive ketones (excluding diaryl/α,β-unsaturated/α-hetero) is 1. The van der Waals surface area contributed by atoms with E-state index in [9.17, 15) is 18.9 Å². The van der Waals surface area contributed by atoms with Gasteiger partial charge in [-0.3, -0.25) is 14.4 Å². The molecule has 6 nitrogen and oxygen atoms in total. The van der Waals surface area contributed by atoms with Gasteiger partial charge in [0, 0.05) is 49.8 Å². The van der Waals surface area contributed by atoms with E-state index in [1.165, 1.54) is 0 Å². The maximum atomic E-state index is 14.9. The molecule has 1 aliphatic carbocycles. The first kappa shape index (κ1) is 34.9. The second-order valence-electron chi connectivity index (χ2n) is 14.0. The smallest absolute Gasteiger partial charge is 0.229 e. The summed E-state index contributed by atoms with van der Waals surface area (Å²) in [6.07, 6.45) is 3.71. The van der Waals surface area contributed by atoms with Crippen molar-refractivity contribution in [2.45, 2.75) is 109 Å². The molecule has 2 fully saturated rings. The number of nitrogens with zero attached hydrogens (tertiary/aromatic N) is 1. The summed E-state index contributed by atoms with van der Waals surface area (Å²) in [7, 11) is -3.02. The number of piperidine rings is 1. The molecule has 4 rings (SSSR count). The Labute approximate surface area is 273 Å². The topological polar surface area (TPSA) is 98.5 Å². The molecule has 2 N–H and O–H groups in total. The molecule has 1 aliphatic heterocycles. The van der Waals surface area contributed by atoms with Gasteiger partial charge in [0.15, 0.2) is 0 Å². The second-order valence-corrected chi connectivity index (χ2v) is 17.6. The molecule has 1 saturated heterocycles. The Bertz CT molecular complexity index is 1420. The molecule has 1 saturated carbocycles. The van der Waals surface area contributed by atoms with Gasteiger partial charge in [-0.1, -0.05) is 82.1 Å². The molecule has 0 aromatic heterocycles. The predicted molar refractivity (Wildman–Crippen MR) is 180 cm³/mol. The second kappa shape index (κ2) is 14.2. The molecule has 1 amide bonds. The van der Waals surface area contributed by atoms with Crippen molar-refractivity contribution in [3.63, 3.8) is 0 Å². The van der Waals surface area contributed by atoms with Crippen molar-refractivity contribution in [1.29, 1.82) is 4.78 Å². The van der Waals surface area contributed by atoms with Crippen LogP contribution in [0, 0.1) is 22.0 Å². The van der Waals surface area contributed by atoms with E-state index in [1.807, 2.05) is 74.2 Å². The number of carbonyl (C=O) groups is 2. The summed E-state index contributed by atoms with van der Waals surface area (Å²) in [4.78, 5) is 30.5. The molecule has 2 aliphatic rings. The molecule has 9 heteroatoms. The van der Waals surface area contributed by atoms with Crippen LogP contribution in [-0.2, 0) is 19.3 Å². The summed E-state index contributed by atoms with van der Waals surface area (Å²) in [6, 6.07) is 14.3. The number of likely N-dealkylation sites (tertiary alicyclic amines) is 1. The van der Waals surface area contributed by atoms with Crippen LogP contribution in [0.15, 0.2) is 48.5 Å². The minimum atomic E-state index is -3.02. The standard InChI is InChI=1S/C35H48Cl2N2O4S/c1-22(2)32(21-44(38,43)23(3)4)39-33(25-11-13-27(36)14-12-25)31(26-7-6-8-28(37)18-26)20-35(5,34(39)42)19-30(41)17-24-9-15-29(40)16-10-24/h6-8,11-14,18,22-24,29,31-33,38,40H,9-10,15-17,19-21H2,1-5H3/t24?,29?,31-,32-,33-,35+,44?/m1/s1. The highest BCUT2D eigenvalue weighted by Crippen LogP contribution is 2.53. The molecule has 1 heterocycles. The fraction of sp³-hybridized carbons (Fsp3) is 0.600. The zero-order valence-electron chi connectivity index (χ0n) is 26.6. The van der Waals surface area contributed by atoms with Crippen LogP contribution in [0.2, 0.25) is 10.0 Å². The van der Waals surface area contributed by atoms with E-state index in [1.54, 1.807) is 13.8 Å². The predicted octanol–water partition coefficient (Wildman–Crippen LogP) is 8.44. The summed E-state index contributed by atoms with van der Waals surface area (Å²) >= 11 is 12.8. The number of amides is 1. The SMILES string of the molecule is CC(C)[C@@H](CS(=N)(=O)C(C)C)N1C(=O)[C@@](C)(CC(=O)CC2CCC(O)CC2)C[C@H](c2cccc(Cl)c2)[C@H]1c1ccc(Cl)cc1. The van der Waals surface area contributed by atoms with Crippen molar-refractivity contribution in [2.75, 3.05) is 5.75 Å². The van der Waals surface area contributed by atoms with Gasteiger partial charge in [-0.25, -0.2) is 4.21 Å². The van der Waals surface area contributed by atoms with Crippen molar-refractivity contribution in [3.05, 3.63) is 69.7 Å². The van der Waals surface area contributed by atoms with Gasteiger partial charge in [-0.05, 0) is 79.3 Å². The van der Waals surface area contributed by atoms with Gasteiger partial charge in [0.25, 0.3) is 0 Å². The highest BCUT2D eigenvalue weighted by Gasteiger charge is 2.53. The first-order chi connectivity index (χ1) is 20.6. The van der Waals surface area contributed by atoms with Crippen molar-refractivity contribution < 1.29 is 18.9 Å². The van der Waals surface area contributed by atoms with E-state index in [4.69, 9.17) is 28.0 Å². The molecule has 1 unspecified atom stereocenters. The average Bonchev–Trinajstić information content (AvgIpc) is 2.95. The quantitative estimate of drug-likeness (QED) is 0.252. The van der Waals surface area contributed by atoms with Crippen LogP contribution in [0.4, 0.5) is 0 Å². The number of aliphatic hydroxyl groups is 1. The first-order valence-corrected chi connectivity index (χ1v) is 18.4. The van der Waals surface area contributed by atoms with Crippen LogP contribution >= 0.6 is 23.2 Å². The summed E-state index contributed by atoms with van der Waals surface area (Å²) in [5.41, 5.74) is 0.858. The maximum Gasteiger partial charge on any atom is 0.229 e. The molecule has 2 aromatic carbocycles. The van der Waals surface area contributed by atoms with E-state index < -0.39 is 27.2 Å². The molecular formula is C35H48Cl2N2O4S. The summed E-state index contributed by atoms with van der Waals surface area (Å²) < 4.78 is 22.4. The van der Waals surface area contributed by atoms with Crippen molar-refractivity contribution >= 4 is 44.6 Å². The third-order valence-electron chi connectivity index (χ3n) is 9.82. The zero-order valence-corrected chi connectivity index (χ0v) is 28.9. The Morgan fingerprint density at radius 2 is 1.66 bits per heavy atom. The molecule has 0 bridgehead atoms. The number of carbonyl (C=O) groups excluding carboxylic acids is 2. The molecule has 0 spiro atoms.